The lowest BCUT2D eigenvalue weighted by molar-refractivity contribution is -0.0131. The van der Waals surface area contributed by atoms with Crippen LogP contribution in [0.5, 0.6) is 5.75 Å². The Morgan fingerprint density at radius 1 is 1.21 bits per heavy atom. The van der Waals surface area contributed by atoms with Crippen LogP contribution in [-0.2, 0) is 16.6 Å². The molecular weight excluding hydrogens is 498 g/mol. The summed E-state index contributed by atoms with van der Waals surface area (Å²) in [5.41, 5.74) is 3.96. The van der Waals surface area contributed by atoms with Crippen LogP contribution >= 0.6 is 11.6 Å². The number of rotatable bonds is 5. The number of fused-ring (bicyclic) bond motifs is 3. The van der Waals surface area contributed by atoms with Gasteiger partial charge in [-0.15, -0.1) is 0 Å². The number of methoxy groups -OCH3 is 1. The van der Waals surface area contributed by atoms with Crippen LogP contribution in [0.2, 0.25) is 5.02 Å². The Bertz CT molecular complexity index is 1230. The van der Waals surface area contributed by atoms with E-state index in [1.165, 1.54) is 18.2 Å². The molecule has 1 spiro atoms. The number of hydrogen-bond donors (Lipinski definition) is 1. The number of esters is 1. The van der Waals surface area contributed by atoms with Crippen molar-refractivity contribution in [1.29, 1.82) is 0 Å². The molecule has 202 valence electrons. The fourth-order valence-corrected chi connectivity index (χ4v) is 7.55. The minimum atomic E-state index is -0.342. The van der Waals surface area contributed by atoms with Gasteiger partial charge in [-0.05, 0) is 105 Å². The second-order valence-corrected chi connectivity index (χ2v) is 12.2. The summed E-state index contributed by atoms with van der Waals surface area (Å²) in [5, 5.41) is 12.1. The predicted octanol–water partition coefficient (Wildman–Crippen LogP) is 6.34. The fourth-order valence-electron chi connectivity index (χ4n) is 7.35. The maximum absolute atomic E-state index is 12.5. The highest BCUT2D eigenvalue weighted by molar-refractivity contribution is 6.30. The summed E-state index contributed by atoms with van der Waals surface area (Å²) in [6.45, 7) is 2.23. The molecule has 3 aliphatic carbocycles. The van der Waals surface area contributed by atoms with Crippen LogP contribution in [0.4, 0.5) is 5.69 Å². The van der Waals surface area contributed by atoms with Crippen molar-refractivity contribution in [3.8, 4) is 5.75 Å². The van der Waals surface area contributed by atoms with Gasteiger partial charge >= 0.3 is 5.97 Å². The lowest BCUT2D eigenvalue weighted by Crippen LogP contribution is -2.50. The number of aryl methyl sites for hydroxylation is 1. The van der Waals surface area contributed by atoms with Crippen LogP contribution in [0.15, 0.2) is 48.6 Å². The van der Waals surface area contributed by atoms with E-state index in [1.54, 1.807) is 6.07 Å². The summed E-state index contributed by atoms with van der Waals surface area (Å²) < 4.78 is 11.6. The summed E-state index contributed by atoms with van der Waals surface area (Å²) in [4.78, 5) is 14.9. The molecule has 0 bridgehead atoms. The first-order valence-corrected chi connectivity index (χ1v) is 14.6. The second-order valence-electron chi connectivity index (χ2n) is 11.8. The third kappa shape index (κ3) is 4.73. The van der Waals surface area contributed by atoms with Crippen LogP contribution in [0, 0.1) is 17.8 Å². The molecule has 6 heteroatoms. The first-order valence-electron chi connectivity index (χ1n) is 14.2. The van der Waals surface area contributed by atoms with Crippen molar-refractivity contribution in [3.05, 3.63) is 70.3 Å². The number of anilines is 1. The standard InChI is InChI=1S/C32H38ClNO4/c1-37-31(36)23-10-14-29-28(17-23)34(18-24-9-12-26(24)30(35)21-6-3-2-4-7-21)19-32(20-38-29)15-5-8-22-16-25(33)11-13-27(22)32/h3,6,10-11,13-14,16-17,21,24,26,30,35H,2,4-5,7-9,12,15,18-20H2,1H3/t21-,24-,26+,30?,32-/m0/s1. The molecule has 0 aromatic heterocycles. The molecule has 6 rings (SSSR count). The lowest BCUT2D eigenvalue weighted by atomic mass is 9.66. The van der Waals surface area contributed by atoms with E-state index in [-0.39, 0.29) is 23.4 Å². The molecule has 1 fully saturated rings. The van der Waals surface area contributed by atoms with Gasteiger partial charge in [-0.25, -0.2) is 4.79 Å². The van der Waals surface area contributed by atoms with E-state index in [0.717, 1.165) is 80.9 Å². The van der Waals surface area contributed by atoms with Crippen molar-refractivity contribution in [2.24, 2.45) is 17.8 Å². The molecule has 4 aliphatic rings. The molecule has 2 aromatic carbocycles. The highest BCUT2D eigenvalue weighted by atomic mass is 35.5. The normalized spacial score (nSPS) is 28.9. The van der Waals surface area contributed by atoms with Crippen molar-refractivity contribution in [2.45, 2.75) is 62.9 Å². The molecule has 0 radical (unpaired) electrons. The predicted molar refractivity (Wildman–Crippen MR) is 150 cm³/mol. The topological polar surface area (TPSA) is 59.0 Å². The molecule has 1 heterocycles. The Hall–Kier alpha value is -2.50. The van der Waals surface area contributed by atoms with Gasteiger partial charge in [0.1, 0.15) is 5.75 Å². The number of allylic oxidation sites excluding steroid dienone is 1. The minimum Gasteiger partial charge on any atom is -0.490 e. The largest absolute Gasteiger partial charge is 0.490 e. The Morgan fingerprint density at radius 2 is 2.11 bits per heavy atom. The van der Waals surface area contributed by atoms with Gasteiger partial charge in [-0.2, -0.15) is 0 Å². The molecule has 5 atom stereocenters. The summed E-state index contributed by atoms with van der Waals surface area (Å²) in [7, 11) is 1.42. The summed E-state index contributed by atoms with van der Waals surface area (Å²) in [6, 6.07) is 12.0. The molecule has 1 saturated carbocycles. The number of halogens is 1. The van der Waals surface area contributed by atoms with Crippen LogP contribution in [-0.4, -0.2) is 44.0 Å². The highest BCUT2D eigenvalue weighted by Gasteiger charge is 2.45. The van der Waals surface area contributed by atoms with Crippen molar-refractivity contribution in [3.63, 3.8) is 0 Å². The molecule has 5 nitrogen and oxygen atoms in total. The van der Waals surface area contributed by atoms with Gasteiger partial charge in [0.15, 0.2) is 0 Å². The van der Waals surface area contributed by atoms with E-state index < -0.39 is 0 Å². The van der Waals surface area contributed by atoms with E-state index in [2.05, 4.69) is 29.2 Å². The number of benzene rings is 2. The Morgan fingerprint density at radius 3 is 2.87 bits per heavy atom. The van der Waals surface area contributed by atoms with E-state index in [9.17, 15) is 9.90 Å². The Labute approximate surface area is 230 Å². The molecular formula is C32H38ClNO4. The van der Waals surface area contributed by atoms with Crippen molar-refractivity contribution in [2.75, 3.05) is 31.7 Å². The molecule has 1 N–H and O–H groups in total. The van der Waals surface area contributed by atoms with Gasteiger partial charge in [-0.1, -0.05) is 29.8 Å². The van der Waals surface area contributed by atoms with Crippen LogP contribution in [0.3, 0.4) is 0 Å². The van der Waals surface area contributed by atoms with E-state index in [1.807, 2.05) is 18.2 Å². The Kier molecular flexibility index (Phi) is 7.17. The van der Waals surface area contributed by atoms with Gasteiger partial charge in [0.2, 0.25) is 0 Å². The van der Waals surface area contributed by atoms with Crippen LogP contribution < -0.4 is 9.64 Å². The smallest absolute Gasteiger partial charge is 0.337 e. The third-order valence-electron chi connectivity index (χ3n) is 9.56. The summed E-state index contributed by atoms with van der Waals surface area (Å²) in [6.07, 6.45) is 12.9. The maximum Gasteiger partial charge on any atom is 0.337 e. The van der Waals surface area contributed by atoms with Gasteiger partial charge in [0.25, 0.3) is 0 Å². The zero-order chi connectivity index (χ0) is 26.3. The fraction of sp³-hybridized carbons (Fsp3) is 0.531. The third-order valence-corrected chi connectivity index (χ3v) is 9.79. The van der Waals surface area contributed by atoms with Crippen LogP contribution in [0.25, 0.3) is 0 Å². The lowest BCUT2D eigenvalue weighted by Gasteiger charge is -2.46. The Balaban J connectivity index is 1.34. The van der Waals surface area contributed by atoms with Crippen molar-refractivity contribution < 1.29 is 19.4 Å². The number of carbonyl (C=O) groups is 1. The molecule has 1 aliphatic heterocycles. The first-order chi connectivity index (χ1) is 18.5. The van der Waals surface area contributed by atoms with Crippen molar-refractivity contribution >= 4 is 23.3 Å². The monoisotopic (exact) mass is 535 g/mol. The number of hydrogen-bond acceptors (Lipinski definition) is 5. The number of nitrogens with zero attached hydrogens (tertiary/aromatic N) is 1. The molecule has 0 amide bonds. The zero-order valence-corrected chi connectivity index (χ0v) is 23.0. The van der Waals surface area contributed by atoms with Gasteiger partial charge in [0, 0.05) is 29.4 Å². The SMILES string of the molecule is COC(=O)c1ccc2c(c1)N(C[C@@H]1CC[C@H]1C(O)[C@H]1C=CCCC1)C[C@@]1(CCCc3cc(Cl)ccc31)CO2. The first kappa shape index (κ1) is 25.8. The molecule has 38 heavy (non-hydrogen) atoms. The highest BCUT2D eigenvalue weighted by Crippen LogP contribution is 2.47. The quantitative estimate of drug-likeness (QED) is 0.357. The average Bonchev–Trinajstić information content (AvgIpc) is 3.08. The zero-order valence-electron chi connectivity index (χ0n) is 22.2. The molecule has 2 aromatic rings. The number of carbonyl (C=O) groups excluding carboxylic acids is 1. The van der Waals surface area contributed by atoms with E-state index in [4.69, 9.17) is 21.1 Å². The minimum absolute atomic E-state index is 0.160. The number of ether oxygens (including phenoxy) is 2. The molecule has 1 unspecified atom stereocenters. The average molecular weight is 536 g/mol. The second kappa shape index (κ2) is 10.6. The van der Waals surface area contributed by atoms with E-state index >= 15 is 0 Å². The summed E-state index contributed by atoms with van der Waals surface area (Å²) in [5.74, 6) is 1.43. The molecule has 0 saturated heterocycles. The number of aliphatic hydroxyl groups excluding tert-OH is 1. The van der Waals surface area contributed by atoms with Crippen LogP contribution in [0.1, 0.15) is 66.4 Å². The van der Waals surface area contributed by atoms with Gasteiger partial charge in [-0.3, -0.25) is 0 Å². The van der Waals surface area contributed by atoms with E-state index in [0.29, 0.717) is 24.0 Å². The van der Waals surface area contributed by atoms with Crippen molar-refractivity contribution in [1.82, 2.24) is 0 Å². The maximum atomic E-state index is 12.5. The number of aliphatic hydroxyl groups is 1. The summed E-state index contributed by atoms with van der Waals surface area (Å²) >= 11 is 6.39. The van der Waals surface area contributed by atoms with Gasteiger partial charge < -0.3 is 19.5 Å². The van der Waals surface area contributed by atoms with Gasteiger partial charge in [0.05, 0.1) is 31.1 Å².